The van der Waals surface area contributed by atoms with E-state index in [4.69, 9.17) is 15.1 Å². The van der Waals surface area contributed by atoms with Crippen molar-refractivity contribution >= 4 is 11.7 Å². The summed E-state index contributed by atoms with van der Waals surface area (Å²) in [4.78, 5) is 10.8. The number of aromatic carboxylic acids is 1. The Kier molecular flexibility index (Phi) is 4.78. The van der Waals surface area contributed by atoms with Crippen molar-refractivity contribution in [3.05, 3.63) is 59.7 Å². The minimum atomic E-state index is -0.928. The maximum Gasteiger partial charge on any atom is 0.335 e. The van der Waals surface area contributed by atoms with Gasteiger partial charge < -0.3 is 15.2 Å². The Hall–Kier alpha value is -3.00. The standard InChI is InChI=1S/C16H14N2O3/c17-9-10-21-15-7-5-14(6-8-15)18-11-12-1-3-13(4-2-12)16(19)20/h1-8,18H,10-11H2,(H,19,20). The van der Waals surface area contributed by atoms with Gasteiger partial charge >= 0.3 is 5.97 Å². The molecule has 5 nitrogen and oxygen atoms in total. The lowest BCUT2D eigenvalue weighted by Crippen LogP contribution is -2.01. The molecule has 0 atom stereocenters. The summed E-state index contributed by atoms with van der Waals surface area (Å²) in [6.45, 7) is 0.626. The lowest BCUT2D eigenvalue weighted by atomic mass is 10.1. The van der Waals surface area contributed by atoms with Crippen LogP contribution in [0.4, 0.5) is 5.69 Å². The van der Waals surface area contributed by atoms with E-state index in [0.717, 1.165) is 11.3 Å². The van der Waals surface area contributed by atoms with Gasteiger partial charge in [-0.05, 0) is 42.0 Å². The number of anilines is 1. The molecule has 0 radical (unpaired) electrons. The van der Waals surface area contributed by atoms with Gasteiger partial charge in [0.25, 0.3) is 0 Å². The van der Waals surface area contributed by atoms with E-state index in [2.05, 4.69) is 5.32 Å². The largest absolute Gasteiger partial charge is 0.479 e. The van der Waals surface area contributed by atoms with Crippen LogP contribution in [-0.4, -0.2) is 17.7 Å². The van der Waals surface area contributed by atoms with Gasteiger partial charge in [-0.25, -0.2) is 4.79 Å². The molecule has 0 spiro atoms. The van der Waals surface area contributed by atoms with E-state index in [0.29, 0.717) is 12.3 Å². The van der Waals surface area contributed by atoms with Crippen LogP contribution in [0.2, 0.25) is 0 Å². The first-order valence-corrected chi connectivity index (χ1v) is 6.35. The van der Waals surface area contributed by atoms with E-state index < -0.39 is 5.97 Å². The van der Waals surface area contributed by atoms with Crippen LogP contribution in [0.15, 0.2) is 48.5 Å². The first-order chi connectivity index (χ1) is 10.2. The van der Waals surface area contributed by atoms with Crippen molar-refractivity contribution in [3.63, 3.8) is 0 Å². The second-order valence-electron chi connectivity index (χ2n) is 4.33. The summed E-state index contributed by atoms with van der Waals surface area (Å²) in [5.74, 6) is -0.282. The molecule has 2 aromatic carbocycles. The summed E-state index contributed by atoms with van der Waals surface area (Å²) < 4.78 is 5.16. The smallest absolute Gasteiger partial charge is 0.335 e. The van der Waals surface area contributed by atoms with E-state index >= 15 is 0 Å². The second-order valence-corrected chi connectivity index (χ2v) is 4.33. The molecule has 0 unspecified atom stereocenters. The molecular weight excluding hydrogens is 268 g/mol. The Bertz CT molecular complexity index is 643. The molecule has 0 heterocycles. The molecule has 0 aromatic heterocycles. The van der Waals surface area contributed by atoms with E-state index in [1.165, 1.54) is 0 Å². The Balaban J connectivity index is 1.90. The van der Waals surface area contributed by atoms with Crippen LogP contribution in [0, 0.1) is 11.3 Å². The van der Waals surface area contributed by atoms with E-state index in [-0.39, 0.29) is 12.2 Å². The number of benzene rings is 2. The van der Waals surface area contributed by atoms with Crippen molar-refractivity contribution in [3.8, 4) is 11.8 Å². The molecule has 0 saturated heterocycles. The third kappa shape index (κ3) is 4.25. The number of nitrogens with one attached hydrogen (secondary N) is 1. The van der Waals surface area contributed by atoms with Gasteiger partial charge in [0, 0.05) is 12.2 Å². The first kappa shape index (κ1) is 14.4. The van der Waals surface area contributed by atoms with Gasteiger partial charge in [-0.2, -0.15) is 5.26 Å². The average molecular weight is 282 g/mol. The quantitative estimate of drug-likeness (QED) is 0.851. The fourth-order valence-corrected chi connectivity index (χ4v) is 1.75. The number of carboxylic acid groups (broad SMARTS) is 1. The SMILES string of the molecule is N#CCOc1ccc(NCc2ccc(C(=O)O)cc2)cc1. The number of rotatable bonds is 6. The third-order valence-electron chi connectivity index (χ3n) is 2.86. The number of carbonyl (C=O) groups is 1. The number of hydrogen-bond donors (Lipinski definition) is 2. The molecule has 106 valence electrons. The molecule has 0 aliphatic heterocycles. The number of ether oxygens (including phenoxy) is 1. The van der Waals surface area contributed by atoms with Crippen LogP contribution in [0.5, 0.6) is 5.75 Å². The summed E-state index contributed by atoms with van der Waals surface area (Å²) in [6.07, 6.45) is 0. The molecular formula is C16H14N2O3. The highest BCUT2D eigenvalue weighted by Crippen LogP contribution is 2.16. The molecule has 0 fully saturated rings. The van der Waals surface area contributed by atoms with E-state index in [1.54, 1.807) is 36.4 Å². The van der Waals surface area contributed by atoms with Gasteiger partial charge in [0.15, 0.2) is 6.61 Å². The van der Waals surface area contributed by atoms with Crippen LogP contribution in [0.3, 0.4) is 0 Å². The van der Waals surface area contributed by atoms with Crippen LogP contribution in [0.25, 0.3) is 0 Å². The van der Waals surface area contributed by atoms with Crippen LogP contribution < -0.4 is 10.1 Å². The monoisotopic (exact) mass is 282 g/mol. The van der Waals surface area contributed by atoms with Gasteiger partial charge in [-0.1, -0.05) is 12.1 Å². The zero-order chi connectivity index (χ0) is 15.1. The van der Waals surface area contributed by atoms with Crippen LogP contribution in [0.1, 0.15) is 15.9 Å². The Morgan fingerprint density at radius 2 is 1.81 bits per heavy atom. The van der Waals surface area contributed by atoms with Crippen molar-refractivity contribution in [2.24, 2.45) is 0 Å². The lowest BCUT2D eigenvalue weighted by Gasteiger charge is -2.08. The first-order valence-electron chi connectivity index (χ1n) is 6.35. The third-order valence-corrected chi connectivity index (χ3v) is 2.86. The molecule has 0 amide bonds. The minimum Gasteiger partial charge on any atom is -0.479 e. The van der Waals surface area contributed by atoms with Crippen LogP contribution >= 0.6 is 0 Å². The highest BCUT2D eigenvalue weighted by molar-refractivity contribution is 5.87. The molecule has 2 rings (SSSR count). The minimum absolute atomic E-state index is 0.0305. The van der Waals surface area contributed by atoms with E-state index in [1.807, 2.05) is 18.2 Å². The summed E-state index contributed by atoms with van der Waals surface area (Å²) in [5.41, 5.74) is 2.18. The van der Waals surface area contributed by atoms with Crippen molar-refractivity contribution in [1.29, 1.82) is 5.26 Å². The van der Waals surface area contributed by atoms with Gasteiger partial charge in [0.1, 0.15) is 11.8 Å². The number of nitriles is 1. The summed E-state index contributed by atoms with van der Waals surface area (Å²) >= 11 is 0. The molecule has 5 heteroatoms. The van der Waals surface area contributed by atoms with Gasteiger partial charge in [-0.3, -0.25) is 0 Å². The fourth-order valence-electron chi connectivity index (χ4n) is 1.75. The number of hydrogen-bond acceptors (Lipinski definition) is 4. The fraction of sp³-hybridized carbons (Fsp3) is 0.125. The van der Waals surface area contributed by atoms with Gasteiger partial charge in [-0.15, -0.1) is 0 Å². The maximum absolute atomic E-state index is 10.8. The lowest BCUT2D eigenvalue weighted by molar-refractivity contribution is 0.0697. The Morgan fingerprint density at radius 3 is 2.38 bits per heavy atom. The van der Waals surface area contributed by atoms with E-state index in [9.17, 15) is 4.79 Å². The molecule has 0 bridgehead atoms. The average Bonchev–Trinajstić information content (AvgIpc) is 2.52. The summed E-state index contributed by atoms with van der Waals surface area (Å²) in [5, 5.41) is 20.5. The van der Waals surface area contributed by atoms with Gasteiger partial charge in [0.2, 0.25) is 0 Å². The normalized spacial score (nSPS) is 9.67. The summed E-state index contributed by atoms with van der Waals surface area (Å²) in [6, 6.07) is 15.9. The molecule has 2 aromatic rings. The van der Waals surface area contributed by atoms with Crippen LogP contribution in [-0.2, 0) is 6.54 Å². The van der Waals surface area contributed by atoms with Crippen molar-refractivity contribution in [2.45, 2.75) is 6.54 Å². The summed E-state index contributed by atoms with van der Waals surface area (Å²) in [7, 11) is 0. The zero-order valence-corrected chi connectivity index (χ0v) is 11.2. The Morgan fingerprint density at radius 1 is 1.14 bits per heavy atom. The predicted octanol–water partition coefficient (Wildman–Crippen LogP) is 2.90. The molecule has 21 heavy (non-hydrogen) atoms. The molecule has 0 aliphatic carbocycles. The second kappa shape index (κ2) is 6.96. The highest BCUT2D eigenvalue weighted by Gasteiger charge is 2.01. The predicted molar refractivity (Wildman–Crippen MR) is 78.3 cm³/mol. The molecule has 0 aliphatic rings. The zero-order valence-electron chi connectivity index (χ0n) is 11.2. The number of carboxylic acids is 1. The Labute approximate surface area is 122 Å². The maximum atomic E-state index is 10.8. The topological polar surface area (TPSA) is 82.3 Å². The molecule has 0 saturated carbocycles. The van der Waals surface area contributed by atoms with Crippen molar-refractivity contribution in [2.75, 3.05) is 11.9 Å². The van der Waals surface area contributed by atoms with Crippen molar-refractivity contribution < 1.29 is 14.6 Å². The van der Waals surface area contributed by atoms with Crippen molar-refractivity contribution in [1.82, 2.24) is 0 Å². The highest BCUT2D eigenvalue weighted by atomic mass is 16.5. The number of nitrogens with zero attached hydrogens (tertiary/aromatic N) is 1. The van der Waals surface area contributed by atoms with Gasteiger partial charge in [0.05, 0.1) is 5.56 Å². The molecule has 2 N–H and O–H groups in total.